The van der Waals surface area contributed by atoms with Crippen molar-refractivity contribution < 1.29 is 19.5 Å². The Hall–Kier alpha value is -2.95. The van der Waals surface area contributed by atoms with Gasteiger partial charge in [0.15, 0.2) is 0 Å². The molecule has 0 aromatic heterocycles. The highest BCUT2D eigenvalue weighted by molar-refractivity contribution is 6.12. The number of carboxylic acids is 1. The first-order chi connectivity index (χ1) is 11.6. The molecule has 1 aliphatic rings. The Labute approximate surface area is 139 Å². The molecule has 1 N–H and O–H groups in total. The summed E-state index contributed by atoms with van der Waals surface area (Å²) < 4.78 is 0. The number of hydrogen-bond donors (Lipinski definition) is 1. The third-order valence-electron chi connectivity index (χ3n) is 4.38. The zero-order valence-electron chi connectivity index (χ0n) is 13.2. The maximum Gasteiger partial charge on any atom is 0.312 e. The predicted molar refractivity (Wildman–Crippen MR) is 87.7 cm³/mol. The van der Waals surface area contributed by atoms with E-state index in [-0.39, 0.29) is 12.5 Å². The quantitative estimate of drug-likeness (QED) is 0.878. The molecule has 122 valence electrons. The minimum atomic E-state index is -1.08. The molecule has 2 amide bonds. The van der Waals surface area contributed by atoms with Crippen LogP contribution in [0.2, 0.25) is 0 Å². The topological polar surface area (TPSA) is 74.7 Å². The number of aliphatic carboxylic acids is 1. The van der Waals surface area contributed by atoms with Gasteiger partial charge in [-0.2, -0.15) is 0 Å². The van der Waals surface area contributed by atoms with Crippen molar-refractivity contribution in [2.75, 3.05) is 6.54 Å². The van der Waals surface area contributed by atoms with Crippen LogP contribution in [0.5, 0.6) is 0 Å². The van der Waals surface area contributed by atoms with E-state index in [1.807, 2.05) is 0 Å². The molecular weight excluding hydrogens is 306 g/mol. The number of carbonyl (C=O) groups excluding carboxylic acids is 2. The zero-order valence-corrected chi connectivity index (χ0v) is 13.2. The maximum absolute atomic E-state index is 12.9. The van der Waals surface area contributed by atoms with E-state index >= 15 is 0 Å². The van der Waals surface area contributed by atoms with Crippen LogP contribution in [0.15, 0.2) is 54.6 Å². The van der Waals surface area contributed by atoms with Gasteiger partial charge in [-0.3, -0.25) is 19.3 Å². The van der Waals surface area contributed by atoms with Crippen molar-refractivity contribution in [1.29, 1.82) is 0 Å². The molecule has 0 aliphatic carbocycles. The molecule has 2 aromatic rings. The van der Waals surface area contributed by atoms with Gasteiger partial charge in [-0.05, 0) is 24.1 Å². The Kier molecular flexibility index (Phi) is 4.16. The zero-order chi connectivity index (χ0) is 17.3. The fourth-order valence-corrected chi connectivity index (χ4v) is 3.27. The smallest absolute Gasteiger partial charge is 0.312 e. The first-order valence-corrected chi connectivity index (χ1v) is 7.78. The molecule has 5 nitrogen and oxygen atoms in total. The molecule has 2 atom stereocenters. The Morgan fingerprint density at radius 2 is 1.71 bits per heavy atom. The number of fused-ring (bicyclic) bond motifs is 1. The minimum absolute atomic E-state index is 0.212. The van der Waals surface area contributed by atoms with Gasteiger partial charge in [0.2, 0.25) is 5.91 Å². The summed E-state index contributed by atoms with van der Waals surface area (Å²) in [6.07, 6.45) is 0. The lowest BCUT2D eigenvalue weighted by atomic mass is 9.76. The van der Waals surface area contributed by atoms with Gasteiger partial charge in [0, 0.05) is 12.1 Å². The largest absolute Gasteiger partial charge is 0.481 e. The van der Waals surface area contributed by atoms with E-state index in [4.69, 9.17) is 0 Å². The van der Waals surface area contributed by atoms with Crippen LogP contribution in [0, 0.1) is 0 Å². The number of benzene rings is 2. The van der Waals surface area contributed by atoms with E-state index < -0.39 is 23.7 Å². The Bertz CT molecular complexity index is 800. The van der Waals surface area contributed by atoms with Gasteiger partial charge < -0.3 is 5.11 Å². The van der Waals surface area contributed by atoms with E-state index in [1.54, 1.807) is 61.5 Å². The highest BCUT2D eigenvalue weighted by Crippen LogP contribution is 2.39. The third-order valence-corrected chi connectivity index (χ3v) is 4.38. The highest BCUT2D eigenvalue weighted by atomic mass is 16.4. The maximum atomic E-state index is 12.9. The number of nitrogens with zero attached hydrogens (tertiary/aromatic N) is 1. The summed E-state index contributed by atoms with van der Waals surface area (Å²) >= 11 is 0. The molecular formula is C19H17NO4. The van der Waals surface area contributed by atoms with E-state index in [9.17, 15) is 19.5 Å². The summed E-state index contributed by atoms with van der Waals surface area (Å²) in [6, 6.07) is 15.4. The molecule has 2 unspecified atom stereocenters. The van der Waals surface area contributed by atoms with Crippen LogP contribution in [0.4, 0.5) is 0 Å². The van der Waals surface area contributed by atoms with Crippen LogP contribution >= 0.6 is 0 Å². The van der Waals surface area contributed by atoms with Crippen molar-refractivity contribution in [2.24, 2.45) is 0 Å². The Balaban J connectivity index is 2.20. The lowest BCUT2D eigenvalue weighted by Crippen LogP contribution is -2.47. The van der Waals surface area contributed by atoms with Gasteiger partial charge in [0.25, 0.3) is 5.91 Å². The van der Waals surface area contributed by atoms with Gasteiger partial charge in [-0.15, -0.1) is 0 Å². The molecule has 0 bridgehead atoms. The molecule has 24 heavy (non-hydrogen) atoms. The molecule has 1 aliphatic heterocycles. The molecule has 1 heterocycles. The van der Waals surface area contributed by atoms with E-state index in [2.05, 4.69) is 0 Å². The van der Waals surface area contributed by atoms with Gasteiger partial charge in [0.1, 0.15) is 0 Å². The average Bonchev–Trinajstić information content (AvgIpc) is 2.59. The second kappa shape index (κ2) is 6.28. The SMILES string of the molecule is CCN1C(=O)c2ccccc2C(C(C(=O)O)c2ccccc2)C1=O. The van der Waals surface area contributed by atoms with Crippen molar-refractivity contribution in [3.63, 3.8) is 0 Å². The highest BCUT2D eigenvalue weighted by Gasteiger charge is 2.45. The number of amides is 2. The number of carboxylic acid groups (broad SMARTS) is 1. The van der Waals surface area contributed by atoms with Crippen LogP contribution in [0.1, 0.15) is 40.2 Å². The fourth-order valence-electron chi connectivity index (χ4n) is 3.27. The summed E-state index contributed by atoms with van der Waals surface area (Å²) in [6.45, 7) is 1.92. The summed E-state index contributed by atoms with van der Waals surface area (Å²) in [5, 5.41) is 9.79. The molecule has 0 spiro atoms. The normalized spacial score (nSPS) is 18.2. The van der Waals surface area contributed by atoms with Gasteiger partial charge >= 0.3 is 5.97 Å². The number of imide groups is 1. The summed E-state index contributed by atoms with van der Waals surface area (Å²) in [7, 11) is 0. The van der Waals surface area contributed by atoms with Crippen molar-refractivity contribution in [3.8, 4) is 0 Å². The average molecular weight is 323 g/mol. The molecule has 3 rings (SSSR count). The number of rotatable bonds is 4. The molecule has 0 saturated carbocycles. The summed E-state index contributed by atoms with van der Waals surface area (Å²) in [5.41, 5.74) is 1.42. The van der Waals surface area contributed by atoms with E-state index in [1.165, 1.54) is 0 Å². The monoisotopic (exact) mass is 323 g/mol. The third kappa shape index (κ3) is 2.48. The second-order valence-corrected chi connectivity index (χ2v) is 5.68. The van der Waals surface area contributed by atoms with Gasteiger partial charge in [0.05, 0.1) is 11.8 Å². The van der Waals surface area contributed by atoms with Crippen molar-refractivity contribution in [3.05, 3.63) is 71.3 Å². The van der Waals surface area contributed by atoms with Crippen molar-refractivity contribution in [1.82, 2.24) is 4.90 Å². The lowest BCUT2D eigenvalue weighted by molar-refractivity contribution is -0.143. The second-order valence-electron chi connectivity index (χ2n) is 5.68. The van der Waals surface area contributed by atoms with Gasteiger partial charge in [-0.25, -0.2) is 0 Å². The standard InChI is InChI=1S/C19H17NO4/c1-2-20-17(21)14-11-7-6-10-13(14)16(18(20)22)15(19(23)24)12-8-4-3-5-9-12/h3-11,15-16H,2H2,1H3,(H,23,24). The fraction of sp³-hybridized carbons (Fsp3) is 0.211. The first-order valence-electron chi connectivity index (χ1n) is 7.78. The molecule has 0 fully saturated rings. The van der Waals surface area contributed by atoms with Crippen LogP contribution in [0.25, 0.3) is 0 Å². The van der Waals surface area contributed by atoms with Crippen LogP contribution in [-0.4, -0.2) is 34.3 Å². The summed E-state index contributed by atoms with van der Waals surface area (Å²) in [4.78, 5) is 38.5. The summed E-state index contributed by atoms with van der Waals surface area (Å²) in [5.74, 6) is -3.87. The Morgan fingerprint density at radius 3 is 2.33 bits per heavy atom. The molecule has 0 saturated heterocycles. The van der Waals surface area contributed by atoms with E-state index in [0.29, 0.717) is 16.7 Å². The molecule has 2 aromatic carbocycles. The van der Waals surface area contributed by atoms with Crippen molar-refractivity contribution in [2.45, 2.75) is 18.8 Å². The number of hydrogen-bond acceptors (Lipinski definition) is 3. The lowest BCUT2D eigenvalue weighted by Gasteiger charge is -2.34. The van der Waals surface area contributed by atoms with Crippen LogP contribution in [-0.2, 0) is 9.59 Å². The van der Waals surface area contributed by atoms with Gasteiger partial charge in [-0.1, -0.05) is 48.5 Å². The first kappa shape index (κ1) is 15.9. The Morgan fingerprint density at radius 1 is 1.08 bits per heavy atom. The van der Waals surface area contributed by atoms with Crippen molar-refractivity contribution >= 4 is 17.8 Å². The molecule has 0 radical (unpaired) electrons. The predicted octanol–water partition coefficient (Wildman–Crippen LogP) is 2.64. The van der Waals surface area contributed by atoms with E-state index in [0.717, 1.165) is 4.90 Å². The number of carbonyl (C=O) groups is 3. The van der Waals surface area contributed by atoms with Crippen LogP contribution < -0.4 is 0 Å². The molecule has 5 heteroatoms. The van der Waals surface area contributed by atoms with Crippen LogP contribution in [0.3, 0.4) is 0 Å². The minimum Gasteiger partial charge on any atom is -0.481 e. The number of likely N-dealkylation sites (N-methyl/N-ethyl adjacent to an activating group) is 1.